The Bertz CT molecular complexity index is 643. The summed E-state index contributed by atoms with van der Waals surface area (Å²) < 4.78 is 30.7. The molecular formula is C14H17NO5S. The molecular weight excluding hydrogens is 294 g/mol. The summed E-state index contributed by atoms with van der Waals surface area (Å²) in [6.07, 6.45) is 0.296. The van der Waals surface area contributed by atoms with Gasteiger partial charge in [-0.2, -0.15) is 0 Å². The summed E-state index contributed by atoms with van der Waals surface area (Å²) in [6.45, 7) is 1.66. The van der Waals surface area contributed by atoms with Crippen molar-refractivity contribution >= 4 is 21.7 Å². The van der Waals surface area contributed by atoms with E-state index in [1.165, 1.54) is 0 Å². The van der Waals surface area contributed by atoms with Crippen molar-refractivity contribution in [2.75, 3.05) is 23.7 Å². The van der Waals surface area contributed by atoms with Crippen LogP contribution in [0.2, 0.25) is 0 Å². The number of aliphatic hydroxyl groups excluding tert-OH is 1. The number of hydrogen-bond acceptors (Lipinski definition) is 5. The number of benzene rings is 1. The third kappa shape index (κ3) is 6.29. The molecule has 0 heterocycles. The number of aliphatic hydroxyl groups is 1. The molecule has 2 N–H and O–H groups in total. The summed E-state index contributed by atoms with van der Waals surface area (Å²) in [6, 6.07) is 6.56. The third-order valence-electron chi connectivity index (χ3n) is 2.27. The van der Waals surface area contributed by atoms with Crippen LogP contribution in [0.5, 0.6) is 0 Å². The Morgan fingerprint density at radius 3 is 2.76 bits per heavy atom. The van der Waals surface area contributed by atoms with Crippen LogP contribution in [0.4, 0.5) is 5.69 Å². The average molecular weight is 311 g/mol. The van der Waals surface area contributed by atoms with Crippen molar-refractivity contribution in [3.05, 3.63) is 29.8 Å². The van der Waals surface area contributed by atoms with Crippen LogP contribution in [0, 0.1) is 11.8 Å². The predicted octanol–water partition coefficient (Wildman–Crippen LogP) is 0.725. The first-order chi connectivity index (χ1) is 9.98. The standard InChI is InChI=1S/C14H17NO5S/c1-2-20-14(17)11-21(18,19)15-13-9-4-3-7-12(13)8-5-6-10-16/h3-4,7,9,15-16H,2,6,10-11H2,1H3. The highest BCUT2D eigenvalue weighted by molar-refractivity contribution is 7.93. The van der Waals surface area contributed by atoms with Crippen LogP contribution >= 0.6 is 0 Å². The van der Waals surface area contributed by atoms with Gasteiger partial charge in [0.1, 0.15) is 0 Å². The van der Waals surface area contributed by atoms with E-state index in [0.29, 0.717) is 12.0 Å². The molecule has 1 rings (SSSR count). The molecule has 0 saturated carbocycles. The van der Waals surface area contributed by atoms with Gasteiger partial charge in [0, 0.05) is 12.0 Å². The third-order valence-corrected chi connectivity index (χ3v) is 3.41. The molecule has 0 radical (unpaired) electrons. The second-order valence-corrected chi connectivity index (χ2v) is 5.71. The molecule has 0 saturated heterocycles. The van der Waals surface area contributed by atoms with Crippen LogP contribution in [0.1, 0.15) is 18.9 Å². The monoisotopic (exact) mass is 311 g/mol. The molecule has 1 aromatic carbocycles. The van der Waals surface area contributed by atoms with Crippen molar-refractivity contribution in [3.8, 4) is 11.8 Å². The molecule has 0 aliphatic rings. The highest BCUT2D eigenvalue weighted by Crippen LogP contribution is 2.15. The van der Waals surface area contributed by atoms with Gasteiger partial charge in [-0.1, -0.05) is 24.0 Å². The number of rotatable bonds is 6. The fourth-order valence-corrected chi connectivity index (χ4v) is 2.44. The predicted molar refractivity (Wildman–Crippen MR) is 79.1 cm³/mol. The summed E-state index contributed by atoms with van der Waals surface area (Å²) in [5.41, 5.74) is 0.755. The zero-order chi connectivity index (χ0) is 15.7. The molecule has 6 nitrogen and oxygen atoms in total. The van der Waals surface area contributed by atoms with Crippen LogP contribution in [-0.2, 0) is 19.6 Å². The SMILES string of the molecule is CCOC(=O)CS(=O)(=O)Nc1ccccc1C#CCCO. The largest absolute Gasteiger partial charge is 0.465 e. The topological polar surface area (TPSA) is 92.7 Å². The Kier molecular flexibility index (Phi) is 6.72. The number of sulfonamides is 1. The van der Waals surface area contributed by atoms with Crippen molar-refractivity contribution in [2.24, 2.45) is 0 Å². The van der Waals surface area contributed by atoms with E-state index >= 15 is 0 Å². The normalized spacial score (nSPS) is 10.4. The second kappa shape index (κ2) is 8.29. The smallest absolute Gasteiger partial charge is 0.323 e. The van der Waals surface area contributed by atoms with Gasteiger partial charge in [-0.05, 0) is 19.1 Å². The summed E-state index contributed by atoms with van der Waals surface area (Å²) in [7, 11) is -3.85. The van der Waals surface area contributed by atoms with Gasteiger partial charge in [0.2, 0.25) is 10.0 Å². The number of esters is 1. The lowest BCUT2D eigenvalue weighted by molar-refractivity contribution is -0.139. The quantitative estimate of drug-likeness (QED) is 0.597. The van der Waals surface area contributed by atoms with Crippen molar-refractivity contribution in [1.82, 2.24) is 0 Å². The van der Waals surface area contributed by atoms with E-state index < -0.39 is 21.7 Å². The Morgan fingerprint density at radius 1 is 1.38 bits per heavy atom. The highest BCUT2D eigenvalue weighted by atomic mass is 32.2. The first-order valence-electron chi connectivity index (χ1n) is 6.33. The molecule has 21 heavy (non-hydrogen) atoms. The molecule has 0 aliphatic heterocycles. The Morgan fingerprint density at radius 2 is 2.10 bits per heavy atom. The fourth-order valence-electron chi connectivity index (χ4n) is 1.46. The number of carbonyl (C=O) groups excluding carboxylic acids is 1. The van der Waals surface area contributed by atoms with E-state index in [0.717, 1.165) is 0 Å². The van der Waals surface area contributed by atoms with Crippen molar-refractivity contribution in [3.63, 3.8) is 0 Å². The van der Waals surface area contributed by atoms with Gasteiger partial charge in [0.25, 0.3) is 0 Å². The van der Waals surface area contributed by atoms with Crippen LogP contribution in [0.15, 0.2) is 24.3 Å². The molecule has 114 valence electrons. The fraction of sp³-hybridized carbons (Fsp3) is 0.357. The summed E-state index contributed by atoms with van der Waals surface area (Å²) in [5.74, 6) is 3.91. The van der Waals surface area contributed by atoms with Crippen LogP contribution in [0.25, 0.3) is 0 Å². The van der Waals surface area contributed by atoms with Gasteiger partial charge in [0.05, 0.1) is 18.9 Å². The highest BCUT2D eigenvalue weighted by Gasteiger charge is 2.18. The molecule has 0 aliphatic carbocycles. The first-order valence-corrected chi connectivity index (χ1v) is 7.98. The van der Waals surface area contributed by atoms with Crippen molar-refractivity contribution in [1.29, 1.82) is 0 Å². The lowest BCUT2D eigenvalue weighted by atomic mass is 10.2. The van der Waals surface area contributed by atoms with E-state index in [2.05, 4.69) is 21.3 Å². The summed E-state index contributed by atoms with van der Waals surface area (Å²) in [4.78, 5) is 11.2. The van der Waals surface area contributed by atoms with Crippen molar-refractivity contribution in [2.45, 2.75) is 13.3 Å². The van der Waals surface area contributed by atoms with E-state index in [-0.39, 0.29) is 18.9 Å². The van der Waals surface area contributed by atoms with Gasteiger partial charge in [-0.25, -0.2) is 8.42 Å². The zero-order valence-corrected chi connectivity index (χ0v) is 12.4. The minimum atomic E-state index is -3.85. The van der Waals surface area contributed by atoms with E-state index in [4.69, 9.17) is 5.11 Å². The minimum absolute atomic E-state index is 0.0657. The van der Waals surface area contributed by atoms with Gasteiger partial charge in [-0.3, -0.25) is 9.52 Å². The van der Waals surface area contributed by atoms with E-state index in [1.54, 1.807) is 31.2 Å². The minimum Gasteiger partial charge on any atom is -0.465 e. The van der Waals surface area contributed by atoms with Gasteiger partial charge < -0.3 is 9.84 Å². The maximum absolute atomic E-state index is 11.9. The number of anilines is 1. The number of carbonyl (C=O) groups is 1. The molecule has 0 atom stereocenters. The number of nitrogens with one attached hydrogen (secondary N) is 1. The molecule has 0 spiro atoms. The zero-order valence-electron chi connectivity index (χ0n) is 11.6. The summed E-state index contributed by atoms with van der Waals surface area (Å²) >= 11 is 0. The van der Waals surface area contributed by atoms with Gasteiger partial charge >= 0.3 is 5.97 Å². The maximum Gasteiger partial charge on any atom is 0.323 e. The summed E-state index contributed by atoms with van der Waals surface area (Å²) in [5, 5.41) is 8.68. The van der Waals surface area contributed by atoms with Gasteiger partial charge in [-0.15, -0.1) is 0 Å². The molecule has 0 unspecified atom stereocenters. The Hall–Kier alpha value is -2.04. The molecule has 0 bridgehead atoms. The van der Waals surface area contributed by atoms with Crippen LogP contribution in [0.3, 0.4) is 0 Å². The van der Waals surface area contributed by atoms with Crippen LogP contribution in [-0.4, -0.2) is 38.5 Å². The Labute approximate surface area is 124 Å². The number of hydrogen-bond donors (Lipinski definition) is 2. The van der Waals surface area contributed by atoms with Gasteiger partial charge in [0.15, 0.2) is 5.75 Å². The Balaban J connectivity index is 2.88. The van der Waals surface area contributed by atoms with Crippen LogP contribution < -0.4 is 4.72 Å². The molecule has 1 aromatic rings. The van der Waals surface area contributed by atoms with E-state index in [1.807, 2.05) is 0 Å². The molecule has 7 heteroatoms. The second-order valence-electron chi connectivity index (χ2n) is 3.99. The van der Waals surface area contributed by atoms with Crippen molar-refractivity contribution < 1.29 is 23.1 Å². The lowest BCUT2D eigenvalue weighted by Crippen LogP contribution is -2.24. The molecule has 0 fully saturated rings. The average Bonchev–Trinajstić information content (AvgIpc) is 2.40. The lowest BCUT2D eigenvalue weighted by Gasteiger charge is -2.09. The molecule has 0 amide bonds. The van der Waals surface area contributed by atoms with E-state index in [9.17, 15) is 13.2 Å². The maximum atomic E-state index is 11.9. The molecule has 0 aromatic heterocycles. The number of para-hydroxylation sites is 1. The first kappa shape index (κ1) is 17.0. The number of ether oxygens (including phenoxy) is 1.